The average Bonchev–Trinajstić information content (AvgIpc) is 2.74. The Labute approximate surface area is 173 Å². The van der Waals surface area contributed by atoms with Crippen molar-refractivity contribution >= 4 is 34.8 Å². The van der Waals surface area contributed by atoms with Gasteiger partial charge in [-0.2, -0.15) is 5.26 Å². The summed E-state index contributed by atoms with van der Waals surface area (Å²) in [5, 5.41) is 15.3. The van der Waals surface area contributed by atoms with Crippen molar-refractivity contribution in [3.8, 4) is 6.07 Å². The number of pyridine rings is 1. The van der Waals surface area contributed by atoms with E-state index in [9.17, 15) is 4.79 Å². The number of para-hydroxylation sites is 1. The molecule has 0 atom stereocenters. The molecule has 1 aromatic heterocycles. The van der Waals surface area contributed by atoms with Gasteiger partial charge in [0.1, 0.15) is 11.9 Å². The highest BCUT2D eigenvalue weighted by Crippen LogP contribution is 2.29. The van der Waals surface area contributed by atoms with Crippen LogP contribution in [0.5, 0.6) is 0 Å². The molecule has 0 spiro atoms. The van der Waals surface area contributed by atoms with Crippen LogP contribution in [0.3, 0.4) is 0 Å². The molecule has 2 heterocycles. The molecule has 6 nitrogen and oxygen atoms in total. The smallest absolute Gasteiger partial charge is 0.323 e. The van der Waals surface area contributed by atoms with Crippen LogP contribution >= 0.6 is 11.6 Å². The van der Waals surface area contributed by atoms with E-state index < -0.39 is 0 Å². The Bertz CT molecular complexity index is 1090. The molecule has 1 aliphatic heterocycles. The molecule has 0 saturated heterocycles. The van der Waals surface area contributed by atoms with Gasteiger partial charge in [-0.3, -0.25) is 0 Å². The standard InChI is InChI=1S/C22H18ClN5O/c23-18-9-10-21(26-20(18)13-24)28-12-11-17-15(14-28)5-4-8-19(17)27-22(29)25-16-6-2-1-3-7-16/h1-10H,11-12,14H2,(H2,25,27,29). The molecular formula is C22H18ClN5O. The molecule has 0 bridgehead atoms. The highest BCUT2D eigenvalue weighted by Gasteiger charge is 2.21. The Morgan fingerprint density at radius 1 is 1.07 bits per heavy atom. The first-order chi connectivity index (χ1) is 14.1. The summed E-state index contributed by atoms with van der Waals surface area (Å²) >= 11 is 5.99. The minimum atomic E-state index is -0.273. The van der Waals surface area contributed by atoms with Gasteiger partial charge < -0.3 is 15.5 Å². The van der Waals surface area contributed by atoms with Gasteiger partial charge in [0.15, 0.2) is 5.69 Å². The van der Waals surface area contributed by atoms with Crippen LogP contribution in [-0.4, -0.2) is 17.6 Å². The fraction of sp³-hybridized carbons (Fsp3) is 0.136. The zero-order valence-electron chi connectivity index (χ0n) is 15.5. The average molecular weight is 404 g/mol. The Kier molecular flexibility index (Phi) is 5.32. The second-order valence-corrected chi connectivity index (χ2v) is 7.08. The summed E-state index contributed by atoms with van der Waals surface area (Å²) in [5.41, 5.74) is 3.99. The number of nitrogens with zero attached hydrogens (tertiary/aromatic N) is 3. The van der Waals surface area contributed by atoms with Crippen LogP contribution in [0.1, 0.15) is 16.8 Å². The summed E-state index contributed by atoms with van der Waals surface area (Å²) in [4.78, 5) is 18.8. The number of hydrogen-bond acceptors (Lipinski definition) is 4. The Morgan fingerprint density at radius 3 is 2.69 bits per heavy atom. The van der Waals surface area contributed by atoms with Crippen LogP contribution in [0.15, 0.2) is 60.7 Å². The molecule has 0 aliphatic carbocycles. The summed E-state index contributed by atoms with van der Waals surface area (Å²) in [7, 11) is 0. The Morgan fingerprint density at radius 2 is 1.90 bits per heavy atom. The summed E-state index contributed by atoms with van der Waals surface area (Å²) in [6.07, 6.45) is 0.753. The summed E-state index contributed by atoms with van der Waals surface area (Å²) in [5.74, 6) is 0.719. The van der Waals surface area contributed by atoms with Crippen LogP contribution in [0.2, 0.25) is 5.02 Å². The van der Waals surface area contributed by atoms with Crippen molar-refractivity contribution in [3.05, 3.63) is 82.5 Å². The molecule has 144 valence electrons. The van der Waals surface area contributed by atoms with Gasteiger partial charge in [0.2, 0.25) is 0 Å². The van der Waals surface area contributed by atoms with E-state index in [1.54, 1.807) is 6.07 Å². The lowest BCUT2D eigenvalue weighted by Crippen LogP contribution is -2.32. The highest BCUT2D eigenvalue weighted by molar-refractivity contribution is 6.31. The first-order valence-electron chi connectivity index (χ1n) is 9.19. The molecule has 0 fully saturated rings. The van der Waals surface area contributed by atoms with Gasteiger partial charge in [-0.05, 0) is 47.9 Å². The monoisotopic (exact) mass is 403 g/mol. The first-order valence-corrected chi connectivity index (χ1v) is 9.57. The second kappa shape index (κ2) is 8.21. The van der Waals surface area contributed by atoms with E-state index in [4.69, 9.17) is 16.9 Å². The molecule has 0 unspecified atom stereocenters. The van der Waals surface area contributed by atoms with Crippen molar-refractivity contribution in [2.75, 3.05) is 22.1 Å². The van der Waals surface area contributed by atoms with Crippen molar-refractivity contribution in [1.29, 1.82) is 5.26 Å². The molecule has 0 saturated carbocycles. The number of carbonyl (C=O) groups excluding carboxylic acids is 1. The number of urea groups is 1. The molecular weight excluding hydrogens is 386 g/mol. The number of aromatic nitrogens is 1. The maximum Gasteiger partial charge on any atom is 0.323 e. The number of rotatable bonds is 3. The Hall–Kier alpha value is -3.56. The van der Waals surface area contributed by atoms with Crippen LogP contribution in [0, 0.1) is 11.3 Å². The third-order valence-corrected chi connectivity index (χ3v) is 5.11. The van der Waals surface area contributed by atoms with Crippen LogP contribution in [0.4, 0.5) is 22.0 Å². The van der Waals surface area contributed by atoms with E-state index in [-0.39, 0.29) is 11.7 Å². The normalized spacial score (nSPS) is 12.6. The number of nitrogens with one attached hydrogen (secondary N) is 2. The van der Waals surface area contributed by atoms with Crippen LogP contribution in [-0.2, 0) is 13.0 Å². The predicted octanol–water partition coefficient (Wildman–Crippen LogP) is 4.81. The van der Waals surface area contributed by atoms with E-state index in [1.165, 1.54) is 0 Å². The minimum Gasteiger partial charge on any atom is -0.352 e. The van der Waals surface area contributed by atoms with E-state index in [0.717, 1.165) is 41.3 Å². The van der Waals surface area contributed by atoms with Gasteiger partial charge in [-0.15, -0.1) is 0 Å². The zero-order valence-corrected chi connectivity index (χ0v) is 16.3. The second-order valence-electron chi connectivity index (χ2n) is 6.67. The zero-order chi connectivity index (χ0) is 20.2. The van der Waals surface area contributed by atoms with Crippen LogP contribution < -0.4 is 15.5 Å². The molecule has 7 heteroatoms. The summed E-state index contributed by atoms with van der Waals surface area (Å²) in [6, 6.07) is 20.5. The number of anilines is 3. The lowest BCUT2D eigenvalue weighted by Gasteiger charge is -2.31. The SMILES string of the molecule is N#Cc1nc(N2CCc3c(cccc3NC(=O)Nc3ccccc3)C2)ccc1Cl. The minimum absolute atomic E-state index is 0.225. The van der Waals surface area contributed by atoms with Crippen molar-refractivity contribution in [3.63, 3.8) is 0 Å². The molecule has 3 aromatic rings. The highest BCUT2D eigenvalue weighted by atomic mass is 35.5. The number of fused-ring (bicyclic) bond motifs is 1. The lowest BCUT2D eigenvalue weighted by atomic mass is 9.97. The number of amides is 2. The van der Waals surface area contributed by atoms with Crippen molar-refractivity contribution in [2.24, 2.45) is 0 Å². The van der Waals surface area contributed by atoms with Gasteiger partial charge in [-0.1, -0.05) is 41.9 Å². The quantitative estimate of drug-likeness (QED) is 0.657. The van der Waals surface area contributed by atoms with Gasteiger partial charge in [0.05, 0.1) is 5.02 Å². The van der Waals surface area contributed by atoms with Gasteiger partial charge in [0, 0.05) is 24.5 Å². The summed E-state index contributed by atoms with van der Waals surface area (Å²) < 4.78 is 0. The van der Waals surface area contributed by atoms with E-state index in [1.807, 2.05) is 60.7 Å². The van der Waals surface area contributed by atoms with Gasteiger partial charge >= 0.3 is 6.03 Å². The summed E-state index contributed by atoms with van der Waals surface area (Å²) in [6.45, 7) is 1.37. The maximum atomic E-state index is 12.4. The molecule has 2 aromatic carbocycles. The number of halogens is 1. The molecule has 2 amide bonds. The van der Waals surface area contributed by atoms with Crippen molar-refractivity contribution in [1.82, 2.24) is 4.98 Å². The molecule has 4 rings (SSSR count). The fourth-order valence-corrected chi connectivity index (χ4v) is 3.56. The third-order valence-electron chi connectivity index (χ3n) is 4.81. The number of nitriles is 1. The van der Waals surface area contributed by atoms with E-state index in [0.29, 0.717) is 11.6 Å². The molecule has 1 aliphatic rings. The predicted molar refractivity (Wildman–Crippen MR) is 114 cm³/mol. The van der Waals surface area contributed by atoms with Crippen molar-refractivity contribution in [2.45, 2.75) is 13.0 Å². The van der Waals surface area contributed by atoms with Crippen molar-refractivity contribution < 1.29 is 4.79 Å². The fourth-order valence-electron chi connectivity index (χ4n) is 3.41. The molecule has 2 N–H and O–H groups in total. The Balaban J connectivity index is 1.51. The number of benzene rings is 2. The maximum absolute atomic E-state index is 12.4. The van der Waals surface area contributed by atoms with Crippen LogP contribution in [0.25, 0.3) is 0 Å². The number of hydrogen-bond donors (Lipinski definition) is 2. The van der Waals surface area contributed by atoms with E-state index >= 15 is 0 Å². The van der Waals surface area contributed by atoms with E-state index in [2.05, 4.69) is 20.5 Å². The third kappa shape index (κ3) is 4.15. The first kappa shape index (κ1) is 18.8. The largest absolute Gasteiger partial charge is 0.352 e. The topological polar surface area (TPSA) is 81.1 Å². The molecule has 0 radical (unpaired) electrons. The van der Waals surface area contributed by atoms with Gasteiger partial charge in [-0.25, -0.2) is 9.78 Å². The van der Waals surface area contributed by atoms with Gasteiger partial charge in [0.25, 0.3) is 0 Å². The number of carbonyl (C=O) groups is 1. The lowest BCUT2D eigenvalue weighted by molar-refractivity contribution is 0.262. The molecule has 29 heavy (non-hydrogen) atoms.